The Kier molecular flexibility index (Phi) is 7.54. The molecule has 1 N–H and O–H groups in total. The third-order valence-corrected chi connectivity index (χ3v) is 5.53. The lowest BCUT2D eigenvalue weighted by molar-refractivity contribution is 0.0949. The van der Waals surface area contributed by atoms with E-state index in [9.17, 15) is 4.79 Å². The highest BCUT2D eigenvalue weighted by Gasteiger charge is 2.16. The van der Waals surface area contributed by atoms with Crippen LogP contribution in [-0.4, -0.2) is 43.1 Å². The van der Waals surface area contributed by atoms with Crippen LogP contribution in [0.5, 0.6) is 5.75 Å². The molecule has 0 aliphatic carbocycles. The Labute approximate surface area is 181 Å². The monoisotopic (exact) mass is 408 g/mol. The molecule has 2 aromatic carbocycles. The SMILES string of the molecule is CC(CN1CCCC1)Oc1cccc(-c2ccc(C(=O)NCCC(C)(C)C)cc2)c1. The van der Waals surface area contributed by atoms with Crippen molar-refractivity contribution >= 4 is 5.91 Å². The Balaban J connectivity index is 1.58. The number of rotatable bonds is 8. The van der Waals surface area contributed by atoms with E-state index in [-0.39, 0.29) is 17.4 Å². The van der Waals surface area contributed by atoms with Gasteiger partial charge in [0.05, 0.1) is 0 Å². The number of ether oxygens (including phenoxy) is 1. The number of carbonyl (C=O) groups is 1. The minimum absolute atomic E-state index is 0.0152. The summed E-state index contributed by atoms with van der Waals surface area (Å²) in [6.07, 6.45) is 3.72. The zero-order valence-electron chi connectivity index (χ0n) is 18.9. The van der Waals surface area contributed by atoms with Crippen LogP contribution in [0.3, 0.4) is 0 Å². The summed E-state index contributed by atoms with van der Waals surface area (Å²) >= 11 is 0. The molecule has 0 radical (unpaired) electrons. The van der Waals surface area contributed by atoms with Gasteiger partial charge in [-0.05, 0) is 80.1 Å². The van der Waals surface area contributed by atoms with Gasteiger partial charge in [0, 0.05) is 18.7 Å². The van der Waals surface area contributed by atoms with Crippen LogP contribution in [0, 0.1) is 5.41 Å². The topological polar surface area (TPSA) is 41.6 Å². The highest BCUT2D eigenvalue weighted by atomic mass is 16.5. The van der Waals surface area contributed by atoms with Gasteiger partial charge >= 0.3 is 0 Å². The molecule has 2 aromatic rings. The lowest BCUT2D eigenvalue weighted by atomic mass is 9.92. The molecule has 3 rings (SSSR count). The van der Waals surface area contributed by atoms with Crippen LogP contribution in [0.25, 0.3) is 11.1 Å². The van der Waals surface area contributed by atoms with Crippen LogP contribution in [0.15, 0.2) is 48.5 Å². The standard InChI is InChI=1S/C26H36N2O2/c1-20(19-28-16-5-6-17-28)30-24-9-7-8-23(18-24)21-10-12-22(13-11-21)25(29)27-15-14-26(2,3)4/h7-13,18,20H,5-6,14-17,19H2,1-4H3,(H,27,29). The summed E-state index contributed by atoms with van der Waals surface area (Å²) in [4.78, 5) is 14.8. The first-order valence-corrected chi connectivity index (χ1v) is 11.2. The molecule has 1 aliphatic rings. The van der Waals surface area contributed by atoms with Gasteiger partial charge in [0.2, 0.25) is 0 Å². The van der Waals surface area contributed by atoms with Gasteiger partial charge in [0.15, 0.2) is 0 Å². The summed E-state index contributed by atoms with van der Waals surface area (Å²) in [6.45, 7) is 12.7. The molecule has 162 valence electrons. The van der Waals surface area contributed by atoms with Crippen LogP contribution in [-0.2, 0) is 0 Å². The van der Waals surface area contributed by atoms with Crippen molar-refractivity contribution in [2.24, 2.45) is 5.41 Å². The van der Waals surface area contributed by atoms with Crippen LogP contribution in [0.2, 0.25) is 0 Å². The number of likely N-dealkylation sites (tertiary alicyclic amines) is 1. The van der Waals surface area contributed by atoms with Gasteiger partial charge in [-0.2, -0.15) is 0 Å². The molecule has 1 unspecified atom stereocenters. The van der Waals surface area contributed by atoms with E-state index in [1.807, 2.05) is 36.4 Å². The fourth-order valence-electron chi connectivity index (χ4n) is 3.81. The van der Waals surface area contributed by atoms with Gasteiger partial charge in [-0.1, -0.05) is 45.0 Å². The minimum atomic E-state index is -0.0152. The maximum Gasteiger partial charge on any atom is 0.251 e. The van der Waals surface area contributed by atoms with Crippen LogP contribution >= 0.6 is 0 Å². The molecule has 30 heavy (non-hydrogen) atoms. The van der Waals surface area contributed by atoms with Gasteiger partial charge in [0.25, 0.3) is 5.91 Å². The summed E-state index contributed by atoms with van der Waals surface area (Å²) in [5, 5.41) is 3.01. The van der Waals surface area contributed by atoms with E-state index in [2.05, 4.69) is 50.0 Å². The van der Waals surface area contributed by atoms with Gasteiger partial charge in [-0.3, -0.25) is 9.69 Å². The smallest absolute Gasteiger partial charge is 0.251 e. The van der Waals surface area contributed by atoms with E-state index in [0.717, 1.165) is 29.8 Å². The number of hydrogen-bond donors (Lipinski definition) is 1. The number of nitrogens with one attached hydrogen (secondary N) is 1. The van der Waals surface area contributed by atoms with Crippen molar-refractivity contribution in [2.45, 2.75) is 53.1 Å². The molecular weight excluding hydrogens is 372 g/mol. The maximum atomic E-state index is 12.4. The molecule has 1 amide bonds. The number of carbonyl (C=O) groups excluding carboxylic acids is 1. The number of benzene rings is 2. The van der Waals surface area contributed by atoms with Crippen molar-refractivity contribution in [1.29, 1.82) is 0 Å². The largest absolute Gasteiger partial charge is 0.489 e. The Morgan fingerprint density at radius 2 is 1.77 bits per heavy atom. The molecule has 1 aliphatic heterocycles. The summed E-state index contributed by atoms with van der Waals surface area (Å²) < 4.78 is 6.17. The van der Waals surface area contributed by atoms with Gasteiger partial charge in [-0.15, -0.1) is 0 Å². The molecule has 0 bridgehead atoms. The predicted molar refractivity (Wildman–Crippen MR) is 124 cm³/mol. The second-order valence-electron chi connectivity index (χ2n) is 9.61. The zero-order valence-corrected chi connectivity index (χ0v) is 18.9. The third-order valence-electron chi connectivity index (χ3n) is 5.53. The Bertz CT molecular complexity index is 818. The predicted octanol–water partition coefficient (Wildman–Crippen LogP) is 5.38. The summed E-state index contributed by atoms with van der Waals surface area (Å²) in [7, 11) is 0. The Hall–Kier alpha value is -2.33. The minimum Gasteiger partial charge on any atom is -0.489 e. The van der Waals surface area contributed by atoms with Crippen molar-refractivity contribution in [3.8, 4) is 16.9 Å². The molecule has 1 heterocycles. The van der Waals surface area contributed by atoms with Crippen LogP contribution in [0.4, 0.5) is 0 Å². The van der Waals surface area contributed by atoms with Crippen molar-refractivity contribution < 1.29 is 9.53 Å². The second kappa shape index (κ2) is 10.1. The third kappa shape index (κ3) is 6.88. The van der Waals surface area contributed by atoms with Gasteiger partial charge in [-0.25, -0.2) is 0 Å². The van der Waals surface area contributed by atoms with Crippen molar-refractivity contribution in [3.05, 3.63) is 54.1 Å². The highest BCUT2D eigenvalue weighted by Crippen LogP contribution is 2.25. The molecule has 1 atom stereocenters. The average molecular weight is 409 g/mol. The first-order valence-electron chi connectivity index (χ1n) is 11.2. The van der Waals surface area contributed by atoms with Gasteiger partial charge in [0.1, 0.15) is 11.9 Å². The first-order chi connectivity index (χ1) is 14.3. The number of hydrogen-bond acceptors (Lipinski definition) is 3. The van der Waals surface area contributed by atoms with Crippen molar-refractivity contribution in [2.75, 3.05) is 26.2 Å². The fraction of sp³-hybridized carbons (Fsp3) is 0.500. The van der Waals surface area contributed by atoms with Crippen LogP contribution < -0.4 is 10.1 Å². The normalized spacial score (nSPS) is 15.7. The zero-order chi connectivity index (χ0) is 21.6. The van der Waals surface area contributed by atoms with E-state index >= 15 is 0 Å². The van der Waals surface area contributed by atoms with Crippen molar-refractivity contribution in [1.82, 2.24) is 10.2 Å². The van der Waals surface area contributed by atoms with Gasteiger partial charge < -0.3 is 10.1 Å². The molecule has 1 fully saturated rings. The van der Waals surface area contributed by atoms with E-state index in [4.69, 9.17) is 4.74 Å². The second-order valence-corrected chi connectivity index (χ2v) is 9.61. The summed E-state index contributed by atoms with van der Waals surface area (Å²) in [5.41, 5.74) is 3.09. The molecule has 0 spiro atoms. The molecular formula is C26H36N2O2. The lowest BCUT2D eigenvalue weighted by Gasteiger charge is -2.21. The Morgan fingerprint density at radius 3 is 2.43 bits per heavy atom. The molecule has 0 saturated carbocycles. The summed E-state index contributed by atoms with van der Waals surface area (Å²) in [5.74, 6) is 0.877. The Morgan fingerprint density at radius 1 is 1.07 bits per heavy atom. The average Bonchev–Trinajstić information content (AvgIpc) is 3.20. The highest BCUT2D eigenvalue weighted by molar-refractivity contribution is 5.94. The first kappa shape index (κ1) is 22.4. The van der Waals surface area contributed by atoms with E-state index < -0.39 is 0 Å². The number of nitrogens with zero attached hydrogens (tertiary/aromatic N) is 1. The molecule has 0 aromatic heterocycles. The molecule has 1 saturated heterocycles. The molecule has 4 nitrogen and oxygen atoms in total. The quantitative estimate of drug-likeness (QED) is 0.637. The lowest BCUT2D eigenvalue weighted by Crippen LogP contribution is -2.31. The summed E-state index contributed by atoms with van der Waals surface area (Å²) in [6, 6.07) is 16.0. The van der Waals surface area contributed by atoms with E-state index in [1.165, 1.54) is 25.9 Å². The van der Waals surface area contributed by atoms with Crippen LogP contribution in [0.1, 0.15) is 57.3 Å². The van der Waals surface area contributed by atoms with E-state index in [1.54, 1.807) is 0 Å². The van der Waals surface area contributed by atoms with Crippen molar-refractivity contribution in [3.63, 3.8) is 0 Å². The van der Waals surface area contributed by atoms with E-state index in [0.29, 0.717) is 12.1 Å². The fourth-order valence-corrected chi connectivity index (χ4v) is 3.81. The number of amides is 1. The molecule has 4 heteroatoms. The maximum absolute atomic E-state index is 12.4.